The number of benzene rings is 2. The van der Waals surface area contributed by atoms with E-state index >= 15 is 0 Å². The third-order valence-corrected chi connectivity index (χ3v) is 4.28. The monoisotopic (exact) mass is 346 g/mol. The summed E-state index contributed by atoms with van der Waals surface area (Å²) in [6, 6.07) is 9.69. The van der Waals surface area contributed by atoms with Crippen LogP contribution in [0.2, 0.25) is 0 Å². The van der Waals surface area contributed by atoms with Crippen LogP contribution in [0, 0.1) is 17.6 Å². The van der Waals surface area contributed by atoms with E-state index in [2.05, 4.69) is 10.6 Å². The average molecular weight is 346 g/mol. The van der Waals surface area contributed by atoms with Gasteiger partial charge in [-0.2, -0.15) is 0 Å². The zero-order valence-electron chi connectivity index (χ0n) is 13.7. The first-order chi connectivity index (χ1) is 12.1. The smallest absolute Gasteiger partial charge is 0.411 e. The van der Waals surface area contributed by atoms with Crippen LogP contribution in [-0.2, 0) is 4.74 Å². The summed E-state index contributed by atoms with van der Waals surface area (Å²) < 4.78 is 32.0. The summed E-state index contributed by atoms with van der Waals surface area (Å²) in [5.74, 6) is -0.458. The lowest BCUT2D eigenvalue weighted by molar-refractivity contribution is 0.131. The van der Waals surface area contributed by atoms with Crippen LogP contribution in [0.5, 0.6) is 0 Å². The second-order valence-corrected chi connectivity index (χ2v) is 6.11. The fourth-order valence-electron chi connectivity index (χ4n) is 2.88. The summed E-state index contributed by atoms with van der Waals surface area (Å²) in [5, 5.41) is 5.91. The molecule has 25 heavy (non-hydrogen) atoms. The SMILES string of the molecule is O=C(Nc1ccc(F)cc1-c1ccc(F)cc1)OCC1CCNCC1. The van der Waals surface area contributed by atoms with Crippen LogP contribution in [0.15, 0.2) is 42.5 Å². The predicted octanol–water partition coefficient (Wildman–Crippen LogP) is 4.18. The first kappa shape index (κ1) is 17.4. The summed E-state index contributed by atoms with van der Waals surface area (Å²) in [7, 11) is 0. The normalized spacial score (nSPS) is 15.0. The number of halogens is 2. The quantitative estimate of drug-likeness (QED) is 0.873. The third kappa shape index (κ3) is 4.76. The minimum Gasteiger partial charge on any atom is -0.449 e. The number of ether oxygens (including phenoxy) is 1. The van der Waals surface area contributed by atoms with Gasteiger partial charge in [0.25, 0.3) is 0 Å². The van der Waals surface area contributed by atoms with Crippen molar-refractivity contribution in [3.63, 3.8) is 0 Å². The van der Waals surface area contributed by atoms with Crippen molar-refractivity contribution in [3.8, 4) is 11.1 Å². The van der Waals surface area contributed by atoms with Gasteiger partial charge >= 0.3 is 6.09 Å². The van der Waals surface area contributed by atoms with E-state index in [-0.39, 0.29) is 5.82 Å². The predicted molar refractivity (Wildman–Crippen MR) is 92.4 cm³/mol. The fourth-order valence-corrected chi connectivity index (χ4v) is 2.88. The summed E-state index contributed by atoms with van der Waals surface area (Å²) in [6.07, 6.45) is 1.38. The number of hydrogen-bond donors (Lipinski definition) is 2. The van der Waals surface area contributed by atoms with Crippen molar-refractivity contribution in [3.05, 3.63) is 54.1 Å². The molecule has 1 aliphatic rings. The molecule has 0 radical (unpaired) electrons. The molecule has 1 amide bonds. The van der Waals surface area contributed by atoms with Crippen molar-refractivity contribution in [2.45, 2.75) is 12.8 Å². The number of hydrogen-bond acceptors (Lipinski definition) is 3. The minimum atomic E-state index is -0.575. The maximum absolute atomic E-state index is 13.6. The van der Waals surface area contributed by atoms with E-state index < -0.39 is 11.9 Å². The zero-order chi connectivity index (χ0) is 17.6. The van der Waals surface area contributed by atoms with Crippen LogP contribution in [0.1, 0.15) is 12.8 Å². The van der Waals surface area contributed by atoms with Crippen molar-refractivity contribution >= 4 is 11.8 Å². The van der Waals surface area contributed by atoms with E-state index in [4.69, 9.17) is 4.74 Å². The molecule has 2 N–H and O–H groups in total. The molecule has 0 aliphatic carbocycles. The topological polar surface area (TPSA) is 50.4 Å². The van der Waals surface area contributed by atoms with Crippen LogP contribution < -0.4 is 10.6 Å². The Morgan fingerprint density at radius 3 is 2.48 bits per heavy atom. The summed E-state index contributed by atoms with van der Waals surface area (Å²) in [5.41, 5.74) is 1.50. The summed E-state index contributed by atoms with van der Waals surface area (Å²) in [4.78, 5) is 12.1. The van der Waals surface area contributed by atoms with Crippen molar-refractivity contribution in [1.82, 2.24) is 5.32 Å². The van der Waals surface area contributed by atoms with E-state index in [0.717, 1.165) is 25.9 Å². The van der Waals surface area contributed by atoms with E-state index in [9.17, 15) is 13.6 Å². The van der Waals surface area contributed by atoms with Gasteiger partial charge in [0.05, 0.1) is 12.3 Å². The minimum absolute atomic E-state index is 0.358. The molecule has 0 atom stereocenters. The maximum atomic E-state index is 13.6. The molecule has 0 unspecified atom stereocenters. The van der Waals surface area contributed by atoms with Crippen molar-refractivity contribution in [2.24, 2.45) is 5.92 Å². The molecular formula is C19H20F2N2O2. The Labute approximate surface area is 145 Å². The molecular weight excluding hydrogens is 326 g/mol. The number of carbonyl (C=O) groups excluding carboxylic acids is 1. The van der Waals surface area contributed by atoms with Crippen molar-refractivity contribution < 1.29 is 18.3 Å². The number of carbonyl (C=O) groups is 1. The summed E-state index contributed by atoms with van der Waals surface area (Å²) in [6.45, 7) is 2.23. The number of piperidine rings is 1. The Hall–Kier alpha value is -2.47. The lowest BCUT2D eigenvalue weighted by atomic mass is 9.99. The molecule has 1 saturated heterocycles. The highest BCUT2D eigenvalue weighted by Gasteiger charge is 2.16. The molecule has 0 aromatic heterocycles. The van der Waals surface area contributed by atoms with Gasteiger partial charge in [0.1, 0.15) is 11.6 Å². The van der Waals surface area contributed by atoms with E-state index in [1.165, 1.54) is 42.5 Å². The summed E-state index contributed by atoms with van der Waals surface area (Å²) >= 11 is 0. The van der Waals surface area contributed by atoms with Crippen LogP contribution >= 0.6 is 0 Å². The van der Waals surface area contributed by atoms with Crippen LogP contribution in [0.25, 0.3) is 11.1 Å². The Morgan fingerprint density at radius 2 is 1.76 bits per heavy atom. The molecule has 1 fully saturated rings. The van der Waals surface area contributed by atoms with Crippen LogP contribution in [0.4, 0.5) is 19.3 Å². The van der Waals surface area contributed by atoms with Crippen LogP contribution in [0.3, 0.4) is 0 Å². The maximum Gasteiger partial charge on any atom is 0.411 e. The zero-order valence-corrected chi connectivity index (χ0v) is 13.7. The third-order valence-electron chi connectivity index (χ3n) is 4.28. The van der Waals surface area contributed by atoms with Crippen LogP contribution in [-0.4, -0.2) is 25.8 Å². The molecule has 3 rings (SSSR count). The van der Waals surface area contributed by atoms with Crippen molar-refractivity contribution in [1.29, 1.82) is 0 Å². The average Bonchev–Trinajstić information content (AvgIpc) is 2.63. The lowest BCUT2D eigenvalue weighted by Crippen LogP contribution is -2.31. The molecule has 0 saturated carbocycles. The standard InChI is InChI=1S/C19H20F2N2O2/c20-15-3-1-14(2-4-15)17-11-16(21)5-6-18(17)23-19(24)25-12-13-7-9-22-10-8-13/h1-6,11,13,22H,7-10,12H2,(H,23,24). The van der Waals surface area contributed by atoms with Gasteiger partial charge in [-0.1, -0.05) is 12.1 Å². The van der Waals surface area contributed by atoms with Gasteiger partial charge in [-0.3, -0.25) is 5.32 Å². The Kier molecular flexibility index (Phi) is 5.60. The largest absolute Gasteiger partial charge is 0.449 e. The van der Waals surface area contributed by atoms with Crippen molar-refractivity contribution in [2.75, 3.05) is 25.0 Å². The molecule has 1 heterocycles. The highest BCUT2D eigenvalue weighted by molar-refractivity contribution is 5.91. The molecule has 132 valence electrons. The van der Waals surface area contributed by atoms with Gasteiger partial charge in [0.15, 0.2) is 0 Å². The Morgan fingerprint density at radius 1 is 1.08 bits per heavy atom. The second-order valence-electron chi connectivity index (χ2n) is 6.11. The lowest BCUT2D eigenvalue weighted by Gasteiger charge is -2.22. The highest BCUT2D eigenvalue weighted by atomic mass is 19.1. The number of anilines is 1. The second kappa shape index (κ2) is 8.07. The first-order valence-electron chi connectivity index (χ1n) is 8.32. The molecule has 6 heteroatoms. The Bertz CT molecular complexity index is 729. The Balaban J connectivity index is 1.69. The van der Waals surface area contributed by atoms with Gasteiger partial charge in [0, 0.05) is 5.56 Å². The molecule has 2 aromatic carbocycles. The van der Waals surface area contributed by atoms with Gasteiger partial charge < -0.3 is 10.1 Å². The van der Waals surface area contributed by atoms with E-state index in [1.54, 1.807) is 0 Å². The van der Waals surface area contributed by atoms with Gasteiger partial charge in [-0.05, 0) is 67.7 Å². The molecule has 4 nitrogen and oxygen atoms in total. The molecule has 2 aromatic rings. The fraction of sp³-hybridized carbons (Fsp3) is 0.316. The van der Waals surface area contributed by atoms with Gasteiger partial charge in [-0.15, -0.1) is 0 Å². The highest BCUT2D eigenvalue weighted by Crippen LogP contribution is 2.29. The number of rotatable bonds is 4. The first-order valence-corrected chi connectivity index (χ1v) is 8.32. The molecule has 0 bridgehead atoms. The molecule has 1 aliphatic heterocycles. The molecule has 0 spiro atoms. The number of nitrogens with one attached hydrogen (secondary N) is 2. The van der Waals surface area contributed by atoms with E-state index in [0.29, 0.717) is 29.3 Å². The van der Waals surface area contributed by atoms with Gasteiger partial charge in [-0.25, -0.2) is 13.6 Å². The van der Waals surface area contributed by atoms with E-state index in [1.807, 2.05) is 0 Å². The number of amides is 1. The van der Waals surface area contributed by atoms with Gasteiger partial charge in [0.2, 0.25) is 0 Å².